The topological polar surface area (TPSA) is 65.6 Å². The summed E-state index contributed by atoms with van der Waals surface area (Å²) < 4.78 is 5.67. The second kappa shape index (κ2) is 10.0. The zero-order valence-corrected chi connectivity index (χ0v) is 21.5. The number of nitrogens with one attached hydrogen (secondary N) is 3. The second-order valence-electron chi connectivity index (χ2n) is 8.90. The van der Waals surface area contributed by atoms with Crippen molar-refractivity contribution in [1.82, 2.24) is 16.0 Å². The van der Waals surface area contributed by atoms with Gasteiger partial charge in [0.1, 0.15) is 17.7 Å². The Bertz CT molecular complexity index is 1320. The maximum Gasteiger partial charge on any atom is 0.262 e. The third-order valence-corrected chi connectivity index (χ3v) is 7.05. The van der Waals surface area contributed by atoms with Gasteiger partial charge in [0.15, 0.2) is 5.11 Å². The average Bonchev–Trinajstić information content (AvgIpc) is 2.92. The van der Waals surface area contributed by atoms with E-state index in [1.807, 2.05) is 24.3 Å². The van der Waals surface area contributed by atoms with Crippen LogP contribution in [0.3, 0.4) is 0 Å². The molecule has 1 amide bonds. The fraction of sp³-hybridized carbons (Fsp3) is 0.241. The van der Waals surface area contributed by atoms with Crippen molar-refractivity contribution >= 4 is 28.9 Å². The van der Waals surface area contributed by atoms with Crippen LogP contribution in [0.4, 0.5) is 5.69 Å². The molecule has 0 radical (unpaired) electrons. The number of methoxy groups -OCH3 is 1. The van der Waals surface area contributed by atoms with E-state index in [0.29, 0.717) is 27.9 Å². The number of benzene rings is 3. The van der Waals surface area contributed by atoms with Crippen LogP contribution in [0.15, 0.2) is 84.2 Å². The molecule has 3 aromatic carbocycles. The fourth-order valence-electron chi connectivity index (χ4n) is 4.80. The third kappa shape index (κ3) is 4.31. The molecule has 7 heteroatoms. The Labute approximate surface area is 217 Å². The number of nitrogens with zero attached hydrogens (tertiary/aromatic N) is 1. The second-order valence-corrected chi connectivity index (χ2v) is 9.31. The van der Waals surface area contributed by atoms with Gasteiger partial charge in [0.2, 0.25) is 0 Å². The van der Waals surface area contributed by atoms with Gasteiger partial charge in [0, 0.05) is 0 Å². The molecule has 0 aliphatic carbocycles. The Morgan fingerprint density at radius 2 is 1.47 bits per heavy atom. The van der Waals surface area contributed by atoms with E-state index < -0.39 is 6.17 Å². The van der Waals surface area contributed by atoms with Gasteiger partial charge in [-0.05, 0) is 59.4 Å². The van der Waals surface area contributed by atoms with Crippen LogP contribution in [0.2, 0.25) is 0 Å². The highest BCUT2D eigenvalue weighted by Gasteiger charge is 2.43. The smallest absolute Gasteiger partial charge is 0.262 e. The van der Waals surface area contributed by atoms with Gasteiger partial charge in [-0.2, -0.15) is 0 Å². The van der Waals surface area contributed by atoms with Crippen molar-refractivity contribution in [2.45, 2.75) is 38.9 Å². The van der Waals surface area contributed by atoms with Crippen LogP contribution in [-0.4, -0.2) is 18.1 Å². The van der Waals surface area contributed by atoms with Gasteiger partial charge in [-0.15, -0.1) is 0 Å². The molecule has 3 aromatic rings. The van der Waals surface area contributed by atoms with Gasteiger partial charge in [-0.1, -0.05) is 74.5 Å². The van der Waals surface area contributed by atoms with E-state index in [4.69, 9.17) is 17.0 Å². The average molecular weight is 499 g/mol. The van der Waals surface area contributed by atoms with Gasteiger partial charge in [-0.25, -0.2) is 0 Å². The Hall–Kier alpha value is -3.84. The van der Waals surface area contributed by atoms with E-state index in [-0.39, 0.29) is 11.9 Å². The number of para-hydroxylation sites is 2. The lowest BCUT2D eigenvalue weighted by Crippen LogP contribution is -2.58. The minimum atomic E-state index is -0.449. The van der Waals surface area contributed by atoms with E-state index in [2.05, 4.69) is 78.3 Å². The first-order valence-corrected chi connectivity index (χ1v) is 12.7. The largest absolute Gasteiger partial charge is 0.495 e. The van der Waals surface area contributed by atoms with Crippen LogP contribution in [-0.2, 0) is 17.6 Å². The number of hydrogen-bond donors (Lipinski definition) is 3. The summed E-state index contributed by atoms with van der Waals surface area (Å²) in [5.41, 5.74) is 5.70. The van der Waals surface area contributed by atoms with Crippen molar-refractivity contribution in [3.63, 3.8) is 0 Å². The molecule has 0 saturated heterocycles. The number of amides is 1. The lowest BCUT2D eigenvalue weighted by Gasteiger charge is -2.43. The first kappa shape index (κ1) is 23.9. The lowest BCUT2D eigenvalue weighted by atomic mass is 9.92. The van der Waals surface area contributed by atoms with Gasteiger partial charge in [-0.3, -0.25) is 9.69 Å². The van der Waals surface area contributed by atoms with Gasteiger partial charge < -0.3 is 20.7 Å². The molecule has 0 spiro atoms. The zero-order chi connectivity index (χ0) is 25.2. The number of rotatable bonds is 6. The van der Waals surface area contributed by atoms with E-state index in [0.717, 1.165) is 24.0 Å². The quantitative estimate of drug-likeness (QED) is 0.421. The molecule has 0 aromatic heterocycles. The molecule has 5 rings (SSSR count). The molecule has 2 aliphatic rings. The van der Waals surface area contributed by atoms with E-state index >= 15 is 0 Å². The Morgan fingerprint density at radius 1 is 0.861 bits per heavy atom. The third-order valence-electron chi connectivity index (χ3n) is 6.83. The van der Waals surface area contributed by atoms with Crippen LogP contribution in [0.5, 0.6) is 5.75 Å². The van der Waals surface area contributed by atoms with Crippen LogP contribution >= 0.6 is 12.2 Å². The van der Waals surface area contributed by atoms with Crippen molar-refractivity contribution in [2.75, 3.05) is 12.0 Å². The molecule has 0 bridgehead atoms. The number of hydrogen-bond acceptors (Lipinski definition) is 4. The molecular weight excluding hydrogens is 468 g/mol. The van der Waals surface area contributed by atoms with Crippen LogP contribution in [0, 0.1) is 0 Å². The first-order valence-electron chi connectivity index (χ1n) is 12.3. The van der Waals surface area contributed by atoms with Crippen LogP contribution in [0.25, 0.3) is 0 Å². The van der Waals surface area contributed by atoms with Crippen molar-refractivity contribution in [3.05, 3.63) is 106 Å². The van der Waals surface area contributed by atoms with Crippen molar-refractivity contribution in [1.29, 1.82) is 0 Å². The Balaban J connectivity index is 1.65. The highest BCUT2D eigenvalue weighted by molar-refractivity contribution is 7.80. The first-order chi connectivity index (χ1) is 17.5. The Morgan fingerprint density at radius 3 is 2.08 bits per heavy atom. The monoisotopic (exact) mass is 498 g/mol. The number of ether oxygens (including phenoxy) is 1. The molecule has 2 atom stereocenters. The van der Waals surface area contributed by atoms with Gasteiger partial charge in [0.25, 0.3) is 5.91 Å². The zero-order valence-electron chi connectivity index (χ0n) is 20.7. The highest BCUT2D eigenvalue weighted by Crippen LogP contribution is 2.40. The lowest BCUT2D eigenvalue weighted by molar-refractivity contribution is -0.116. The Kier molecular flexibility index (Phi) is 6.65. The van der Waals surface area contributed by atoms with Gasteiger partial charge >= 0.3 is 0 Å². The summed E-state index contributed by atoms with van der Waals surface area (Å²) in [6, 6.07) is 23.9. The summed E-state index contributed by atoms with van der Waals surface area (Å²) in [4.78, 5) is 16.2. The SMILES string of the molecule is CCc1ccc([C@@H]2NC(=S)NC3=C2C(=O)N(c2ccccc2OC)[C@H](c2ccc(CC)cc2)N3)cc1. The van der Waals surface area contributed by atoms with Crippen molar-refractivity contribution in [3.8, 4) is 5.75 Å². The summed E-state index contributed by atoms with van der Waals surface area (Å²) in [5.74, 6) is 1.14. The van der Waals surface area contributed by atoms with E-state index in [1.165, 1.54) is 11.1 Å². The summed E-state index contributed by atoms with van der Waals surface area (Å²) in [6.07, 6.45) is 1.45. The van der Waals surface area contributed by atoms with E-state index in [9.17, 15) is 4.79 Å². The summed E-state index contributed by atoms with van der Waals surface area (Å²) in [7, 11) is 1.62. The molecule has 36 heavy (non-hydrogen) atoms. The molecule has 0 saturated carbocycles. The predicted octanol–water partition coefficient (Wildman–Crippen LogP) is 4.89. The molecule has 0 unspecified atom stereocenters. The molecule has 184 valence electrons. The van der Waals surface area contributed by atoms with E-state index in [1.54, 1.807) is 12.0 Å². The van der Waals surface area contributed by atoms with Crippen LogP contribution < -0.4 is 25.6 Å². The van der Waals surface area contributed by atoms with Crippen molar-refractivity contribution < 1.29 is 9.53 Å². The number of aryl methyl sites for hydroxylation is 2. The standard InChI is InChI=1S/C29H30N4O2S/c1-4-18-10-14-20(15-11-18)25-24-26(32-29(36)30-25)31-27(21-16-12-19(5-2)13-17-21)33(28(24)34)22-8-6-7-9-23(22)35-3/h6-17,25,27,31H,4-5H2,1-3H3,(H2,30,32,36)/t25-,27+/m0/s1. The summed E-state index contributed by atoms with van der Waals surface area (Å²) in [6.45, 7) is 4.25. The minimum absolute atomic E-state index is 0.120. The molecule has 0 fully saturated rings. The number of carbonyl (C=O) groups is 1. The molecule has 6 nitrogen and oxygen atoms in total. The van der Waals surface area contributed by atoms with Crippen molar-refractivity contribution in [2.24, 2.45) is 0 Å². The molecule has 2 aliphatic heterocycles. The molecular formula is C29H30N4O2S. The highest BCUT2D eigenvalue weighted by atomic mass is 32.1. The molecule has 3 N–H and O–H groups in total. The maximum atomic E-state index is 14.4. The fourth-order valence-corrected chi connectivity index (χ4v) is 5.02. The van der Waals surface area contributed by atoms with Gasteiger partial charge in [0.05, 0.1) is 24.4 Å². The summed E-state index contributed by atoms with van der Waals surface area (Å²) in [5, 5.41) is 10.6. The predicted molar refractivity (Wildman–Crippen MR) is 147 cm³/mol. The number of anilines is 1. The number of carbonyl (C=O) groups excluding carboxylic acids is 1. The maximum absolute atomic E-state index is 14.4. The summed E-state index contributed by atoms with van der Waals surface area (Å²) >= 11 is 5.55. The number of thiocarbonyl (C=S) groups is 1. The minimum Gasteiger partial charge on any atom is -0.495 e. The normalized spacial score (nSPS) is 19.2. The van der Waals surface area contributed by atoms with Crippen LogP contribution in [0.1, 0.15) is 48.3 Å². The molecule has 2 heterocycles.